The first kappa shape index (κ1) is 25.9. The van der Waals surface area contributed by atoms with Gasteiger partial charge in [-0.25, -0.2) is 9.97 Å². The minimum atomic E-state index is -0.0641. The summed E-state index contributed by atoms with van der Waals surface area (Å²) in [5, 5.41) is 4.20. The largest absolute Gasteiger partial charge is 0.243 e. The number of nitrogens with zero attached hydrogens (tertiary/aromatic N) is 2. The number of hydrogen-bond donors (Lipinski definition) is 0. The van der Waals surface area contributed by atoms with Gasteiger partial charge in [-0.15, -0.1) is 11.3 Å². The second kappa shape index (κ2) is 9.22. The lowest BCUT2D eigenvalue weighted by Crippen LogP contribution is -2.15. The summed E-state index contributed by atoms with van der Waals surface area (Å²) in [6.07, 6.45) is 0. The number of rotatable bonds is 2. The normalized spacial score (nSPS) is 15.0. The Morgan fingerprint density at radius 2 is 0.878 bits per heavy atom. The van der Waals surface area contributed by atoms with Crippen molar-refractivity contribution in [3.05, 3.63) is 118 Å². The van der Waals surface area contributed by atoms with Gasteiger partial charge in [0.1, 0.15) is 11.0 Å². The topological polar surface area (TPSA) is 25.8 Å². The van der Waals surface area contributed by atoms with Crippen molar-refractivity contribution in [3.63, 3.8) is 0 Å². The molecule has 2 aliphatic rings. The molecule has 2 nitrogen and oxygen atoms in total. The molecule has 2 heterocycles. The van der Waals surface area contributed by atoms with Gasteiger partial charge in [-0.3, -0.25) is 0 Å². The number of hydrogen-bond acceptors (Lipinski definition) is 3. The predicted molar refractivity (Wildman–Crippen MR) is 175 cm³/mol. The monoisotopic (exact) mass is 550 g/mol. The minimum Gasteiger partial charge on any atom is -0.243 e. The predicted octanol–water partition coefficient (Wildman–Crippen LogP) is 10.7. The van der Waals surface area contributed by atoms with Crippen molar-refractivity contribution in [2.45, 2.75) is 52.4 Å². The average molecular weight is 551 g/mol. The van der Waals surface area contributed by atoms with Crippen LogP contribution in [0.4, 0.5) is 0 Å². The van der Waals surface area contributed by atoms with Gasteiger partial charge in [0.05, 0.1) is 11.4 Å². The van der Waals surface area contributed by atoms with E-state index in [1.54, 1.807) is 11.3 Å². The summed E-state index contributed by atoms with van der Waals surface area (Å²) in [4.78, 5) is 10.4. The molecule has 2 aromatic heterocycles. The van der Waals surface area contributed by atoms with Crippen LogP contribution in [0.15, 0.2) is 95.7 Å². The third-order valence-corrected chi connectivity index (χ3v) is 9.74. The summed E-state index contributed by atoms with van der Waals surface area (Å²) in [5.41, 5.74) is 16.7. The maximum atomic E-state index is 5.22. The third kappa shape index (κ3) is 3.68. The summed E-state index contributed by atoms with van der Waals surface area (Å²) >= 11 is 1.66. The molecule has 0 spiro atoms. The highest BCUT2D eigenvalue weighted by molar-refractivity contribution is 7.09. The van der Waals surface area contributed by atoms with Crippen molar-refractivity contribution in [2.24, 2.45) is 0 Å². The summed E-state index contributed by atoms with van der Waals surface area (Å²) < 4.78 is 0. The summed E-state index contributed by atoms with van der Waals surface area (Å²) in [7, 11) is 0. The van der Waals surface area contributed by atoms with E-state index >= 15 is 0 Å². The van der Waals surface area contributed by atoms with E-state index in [-0.39, 0.29) is 10.8 Å². The first-order valence-corrected chi connectivity index (χ1v) is 15.5. The molecule has 3 heteroatoms. The molecule has 202 valence electrons. The van der Waals surface area contributed by atoms with E-state index < -0.39 is 0 Å². The highest BCUT2D eigenvalue weighted by Gasteiger charge is 2.37. The minimum absolute atomic E-state index is 0.0641. The second-order valence-corrected chi connectivity index (χ2v) is 12.7. The van der Waals surface area contributed by atoms with Crippen LogP contribution >= 0.6 is 11.3 Å². The van der Waals surface area contributed by atoms with Crippen LogP contribution in [0.2, 0.25) is 0 Å². The maximum Gasteiger partial charge on any atom is 0.100 e. The lowest BCUT2D eigenvalue weighted by Gasteiger charge is -2.23. The molecule has 0 radical (unpaired) electrons. The third-order valence-electron chi connectivity index (χ3n) is 9.02. The molecule has 41 heavy (non-hydrogen) atoms. The van der Waals surface area contributed by atoms with E-state index in [1.165, 1.54) is 44.5 Å². The summed E-state index contributed by atoms with van der Waals surface area (Å²) in [6.45, 7) is 13.3. The SMILES string of the molecule is CC.CC1(C)c2ccccc2-c2ccc(-c3nc4cscc4nc3-c3ccc4c(c3)C(C)(C)c3ccccc3-4)cc21. The molecular weight excluding hydrogens is 516 g/mol. The molecule has 0 atom stereocenters. The number of aromatic nitrogens is 2. The van der Waals surface area contributed by atoms with Crippen LogP contribution in [0.3, 0.4) is 0 Å². The van der Waals surface area contributed by atoms with E-state index in [2.05, 4.69) is 123 Å². The van der Waals surface area contributed by atoms with Crippen LogP contribution in [0.5, 0.6) is 0 Å². The zero-order valence-electron chi connectivity index (χ0n) is 24.5. The van der Waals surface area contributed by atoms with Gasteiger partial charge in [0.2, 0.25) is 0 Å². The number of thiophene rings is 1. The summed E-state index contributed by atoms with van der Waals surface area (Å²) in [6, 6.07) is 31.3. The Kier molecular flexibility index (Phi) is 5.82. The van der Waals surface area contributed by atoms with Crippen molar-refractivity contribution in [2.75, 3.05) is 0 Å². The van der Waals surface area contributed by atoms with Crippen LogP contribution in [-0.2, 0) is 10.8 Å². The lowest BCUT2D eigenvalue weighted by atomic mass is 9.81. The highest BCUT2D eigenvalue weighted by Crippen LogP contribution is 2.51. The Hall–Kier alpha value is -4.08. The Labute approximate surface area is 246 Å². The van der Waals surface area contributed by atoms with Gasteiger partial charge in [0.25, 0.3) is 0 Å². The number of fused-ring (bicyclic) bond motifs is 7. The fraction of sp³-hybridized carbons (Fsp3) is 0.211. The second-order valence-electron chi connectivity index (χ2n) is 11.9. The Morgan fingerprint density at radius 1 is 0.488 bits per heavy atom. The molecule has 0 saturated carbocycles. The van der Waals surface area contributed by atoms with Crippen LogP contribution < -0.4 is 0 Å². The van der Waals surface area contributed by atoms with E-state index in [4.69, 9.17) is 9.97 Å². The van der Waals surface area contributed by atoms with E-state index in [9.17, 15) is 0 Å². The molecule has 4 aromatic carbocycles. The van der Waals surface area contributed by atoms with E-state index in [1.807, 2.05) is 13.8 Å². The van der Waals surface area contributed by atoms with Crippen LogP contribution in [0, 0.1) is 0 Å². The molecule has 0 fully saturated rings. The van der Waals surface area contributed by atoms with Gasteiger partial charge in [-0.1, -0.05) is 114 Å². The van der Waals surface area contributed by atoms with Gasteiger partial charge in [-0.05, 0) is 56.6 Å². The average Bonchev–Trinajstić information content (AvgIpc) is 3.63. The van der Waals surface area contributed by atoms with Crippen molar-refractivity contribution in [1.82, 2.24) is 9.97 Å². The Morgan fingerprint density at radius 3 is 1.32 bits per heavy atom. The molecule has 0 unspecified atom stereocenters. The Bertz CT molecular complexity index is 1830. The maximum absolute atomic E-state index is 5.22. The van der Waals surface area contributed by atoms with Crippen molar-refractivity contribution < 1.29 is 0 Å². The van der Waals surface area contributed by atoms with Crippen LogP contribution in [0.1, 0.15) is 63.8 Å². The van der Waals surface area contributed by atoms with E-state index in [0.29, 0.717) is 0 Å². The highest BCUT2D eigenvalue weighted by atomic mass is 32.1. The van der Waals surface area contributed by atoms with Crippen molar-refractivity contribution >= 4 is 22.4 Å². The molecule has 0 aliphatic heterocycles. The quantitative estimate of drug-likeness (QED) is 0.214. The van der Waals surface area contributed by atoms with E-state index in [0.717, 1.165) is 33.5 Å². The Balaban J connectivity index is 0.00000135. The first-order valence-electron chi connectivity index (χ1n) is 14.6. The fourth-order valence-electron chi connectivity index (χ4n) is 6.90. The molecule has 0 amide bonds. The first-order chi connectivity index (χ1) is 19.8. The molecule has 2 aliphatic carbocycles. The molecule has 0 bridgehead atoms. The lowest BCUT2D eigenvalue weighted by molar-refractivity contribution is 0.660. The smallest absolute Gasteiger partial charge is 0.100 e. The summed E-state index contributed by atoms with van der Waals surface area (Å²) in [5.74, 6) is 0. The molecule has 6 aromatic rings. The standard InChI is InChI=1S/C36H28N2S.C2H6/c1-35(2)27-11-7-5-9-23(27)25-15-13-21(17-29(25)35)33-34(38-32-20-39-19-31(32)37-33)22-14-16-26-24-10-6-8-12-28(24)36(3,4)30(26)18-22;1-2/h5-20H,1-4H3;1-2H3. The molecule has 0 saturated heterocycles. The fourth-order valence-corrected chi connectivity index (χ4v) is 7.58. The zero-order valence-corrected chi connectivity index (χ0v) is 25.4. The molecule has 0 N–H and O–H groups in total. The molecular formula is C38H34N2S. The zero-order chi connectivity index (χ0) is 28.5. The van der Waals surface area contributed by atoms with Gasteiger partial charge in [0, 0.05) is 32.7 Å². The van der Waals surface area contributed by atoms with Crippen LogP contribution in [0.25, 0.3) is 55.8 Å². The van der Waals surface area contributed by atoms with Gasteiger partial charge < -0.3 is 0 Å². The van der Waals surface area contributed by atoms with Crippen LogP contribution in [-0.4, -0.2) is 9.97 Å². The van der Waals surface area contributed by atoms with Gasteiger partial charge in [0.15, 0.2) is 0 Å². The van der Waals surface area contributed by atoms with Gasteiger partial charge >= 0.3 is 0 Å². The number of benzene rings is 4. The molecule has 8 rings (SSSR count). The van der Waals surface area contributed by atoms with Gasteiger partial charge in [-0.2, -0.15) is 0 Å². The van der Waals surface area contributed by atoms with Crippen molar-refractivity contribution in [3.8, 4) is 44.8 Å². The van der Waals surface area contributed by atoms with Crippen molar-refractivity contribution in [1.29, 1.82) is 0 Å².